The number of rotatable bonds is 1. The molecule has 3 heterocycles. The molecule has 0 aromatic heterocycles. The van der Waals surface area contributed by atoms with Gasteiger partial charge in [0, 0.05) is 34.8 Å². The predicted molar refractivity (Wildman–Crippen MR) is 125 cm³/mol. The Balaban J connectivity index is 1.36. The molecule has 32 heavy (non-hydrogen) atoms. The number of piperidine rings is 1. The molecule has 168 valence electrons. The number of amides is 1. The quantitative estimate of drug-likeness (QED) is 0.713. The lowest BCUT2D eigenvalue weighted by atomic mass is 9.55. The number of carbonyl (C=O) groups is 1. The van der Waals surface area contributed by atoms with E-state index in [1.54, 1.807) is 0 Å². The summed E-state index contributed by atoms with van der Waals surface area (Å²) in [6, 6.07) is 10.5. The predicted octanol–water partition coefficient (Wildman–Crippen LogP) is 4.52. The average Bonchev–Trinajstić information content (AvgIpc) is 3.16. The molecule has 3 aliphatic heterocycles. The van der Waals surface area contributed by atoms with Crippen molar-refractivity contribution in [3.05, 3.63) is 54.3 Å². The highest BCUT2D eigenvalue weighted by atomic mass is 16.3. The molecule has 0 radical (unpaired) electrons. The van der Waals surface area contributed by atoms with Crippen LogP contribution in [0.25, 0.3) is 0 Å². The van der Waals surface area contributed by atoms with Gasteiger partial charge in [0.05, 0.1) is 11.5 Å². The smallest absolute Gasteiger partial charge is 0.240 e. The number of benzene rings is 1. The summed E-state index contributed by atoms with van der Waals surface area (Å²) >= 11 is 0. The van der Waals surface area contributed by atoms with Crippen molar-refractivity contribution in [1.82, 2.24) is 4.90 Å². The van der Waals surface area contributed by atoms with E-state index in [0.717, 1.165) is 57.3 Å². The van der Waals surface area contributed by atoms with Crippen molar-refractivity contribution in [3.63, 3.8) is 0 Å². The van der Waals surface area contributed by atoms with Gasteiger partial charge in [-0.1, -0.05) is 44.2 Å². The zero-order valence-electron chi connectivity index (χ0n) is 19.3. The third-order valence-corrected chi connectivity index (χ3v) is 11.1. The molecule has 2 spiro atoms. The second kappa shape index (κ2) is 5.95. The molecule has 2 saturated carbocycles. The van der Waals surface area contributed by atoms with E-state index in [4.69, 9.17) is 0 Å². The number of hydrogen-bond donors (Lipinski definition) is 1. The SMILES string of the molecule is CC12CC=CC=C1N(c1ccccc1)C(=O)[C@@]21CCN2C[C@@H]3CC[C@H](O)[C@]4(C)C[C@]34C[C@H]21. The Morgan fingerprint density at radius 1 is 1.12 bits per heavy atom. The van der Waals surface area contributed by atoms with Crippen LogP contribution in [0.15, 0.2) is 54.3 Å². The first kappa shape index (κ1) is 19.5. The maximum absolute atomic E-state index is 14.6. The van der Waals surface area contributed by atoms with Gasteiger partial charge in [0.2, 0.25) is 5.91 Å². The summed E-state index contributed by atoms with van der Waals surface area (Å²) in [6.07, 6.45) is 12.6. The lowest BCUT2D eigenvalue weighted by molar-refractivity contribution is -0.135. The Morgan fingerprint density at radius 3 is 2.75 bits per heavy atom. The molecule has 0 bridgehead atoms. The van der Waals surface area contributed by atoms with Crippen molar-refractivity contribution in [1.29, 1.82) is 0 Å². The lowest BCUT2D eigenvalue weighted by Crippen LogP contribution is -2.58. The maximum atomic E-state index is 14.6. The van der Waals surface area contributed by atoms with Gasteiger partial charge in [-0.25, -0.2) is 0 Å². The Bertz CT molecular complexity index is 1060. The summed E-state index contributed by atoms with van der Waals surface area (Å²) in [5.74, 6) is 0.986. The number of anilines is 1. The first-order chi connectivity index (χ1) is 15.4. The molecule has 7 rings (SSSR count). The highest BCUT2D eigenvalue weighted by Gasteiger charge is 2.78. The fraction of sp³-hybridized carbons (Fsp3) is 0.607. The van der Waals surface area contributed by atoms with Gasteiger partial charge in [-0.2, -0.15) is 0 Å². The molecular formula is C28H34N2O2. The number of fused-ring (bicyclic) bond motifs is 4. The van der Waals surface area contributed by atoms with E-state index >= 15 is 0 Å². The average molecular weight is 431 g/mol. The Morgan fingerprint density at radius 2 is 1.94 bits per heavy atom. The molecule has 3 aliphatic carbocycles. The van der Waals surface area contributed by atoms with Crippen LogP contribution in [-0.2, 0) is 4.79 Å². The molecule has 5 fully saturated rings. The van der Waals surface area contributed by atoms with Crippen molar-refractivity contribution < 1.29 is 9.90 Å². The first-order valence-electron chi connectivity index (χ1n) is 12.6. The van der Waals surface area contributed by atoms with Gasteiger partial charge in [-0.3, -0.25) is 14.6 Å². The number of aliphatic hydroxyl groups excluding tert-OH is 1. The van der Waals surface area contributed by atoms with Crippen LogP contribution in [0.5, 0.6) is 0 Å². The minimum absolute atomic E-state index is 0.0542. The van der Waals surface area contributed by atoms with Crippen molar-refractivity contribution in [3.8, 4) is 0 Å². The Hall–Kier alpha value is -1.91. The summed E-state index contributed by atoms with van der Waals surface area (Å²) in [7, 11) is 0. The fourth-order valence-corrected chi connectivity index (χ4v) is 9.22. The Labute approximate surface area is 191 Å². The molecule has 7 atom stereocenters. The lowest BCUT2D eigenvalue weighted by Gasteiger charge is -2.52. The van der Waals surface area contributed by atoms with Gasteiger partial charge in [0.15, 0.2) is 0 Å². The number of nitrogens with zero attached hydrogens (tertiary/aromatic N) is 2. The summed E-state index contributed by atoms with van der Waals surface area (Å²) in [5, 5.41) is 10.9. The molecule has 4 nitrogen and oxygen atoms in total. The molecule has 1 unspecified atom stereocenters. The van der Waals surface area contributed by atoms with Crippen LogP contribution in [0.3, 0.4) is 0 Å². The van der Waals surface area contributed by atoms with Crippen LogP contribution >= 0.6 is 0 Å². The van der Waals surface area contributed by atoms with Gasteiger partial charge in [0.1, 0.15) is 0 Å². The number of allylic oxidation sites excluding steroid dienone is 4. The topological polar surface area (TPSA) is 43.8 Å². The van der Waals surface area contributed by atoms with Crippen LogP contribution in [0.1, 0.15) is 52.4 Å². The van der Waals surface area contributed by atoms with Crippen LogP contribution in [-0.4, -0.2) is 41.1 Å². The van der Waals surface area contributed by atoms with Gasteiger partial charge in [-0.05, 0) is 74.6 Å². The molecule has 1 N–H and O–H groups in total. The second-order valence-electron chi connectivity index (χ2n) is 12.0. The fourth-order valence-electron chi connectivity index (χ4n) is 9.22. The number of aliphatic hydroxyl groups is 1. The zero-order valence-corrected chi connectivity index (χ0v) is 19.3. The second-order valence-corrected chi connectivity index (χ2v) is 12.0. The summed E-state index contributed by atoms with van der Waals surface area (Å²) in [6.45, 7) is 6.82. The standard InChI is InChI=1S/C28H34N2O2/c1-25-13-7-6-10-21(25)30(20-8-4-3-5-9-20)24(32)28(25)14-15-29-17-19-11-12-23(31)26(2)18-27(19,26)16-22(28)29/h3-10,19,22-23,31H,11-18H2,1-2H3/t19-,22-,23-,25?,26-,27+,28-/m0/s1. The highest BCUT2D eigenvalue weighted by molar-refractivity contribution is 6.06. The van der Waals surface area contributed by atoms with Gasteiger partial charge in [0.25, 0.3) is 0 Å². The molecule has 1 amide bonds. The van der Waals surface area contributed by atoms with Gasteiger partial charge < -0.3 is 5.11 Å². The minimum atomic E-state index is -0.384. The molecule has 1 aromatic rings. The Kier molecular flexibility index (Phi) is 3.64. The monoisotopic (exact) mass is 430 g/mol. The molecule has 4 heteroatoms. The van der Waals surface area contributed by atoms with E-state index < -0.39 is 0 Å². The van der Waals surface area contributed by atoms with Crippen molar-refractivity contribution in [2.24, 2.45) is 27.6 Å². The highest BCUT2D eigenvalue weighted by Crippen LogP contribution is 2.79. The van der Waals surface area contributed by atoms with Crippen LogP contribution < -0.4 is 4.90 Å². The van der Waals surface area contributed by atoms with E-state index in [-0.39, 0.29) is 33.8 Å². The van der Waals surface area contributed by atoms with E-state index in [1.165, 1.54) is 5.70 Å². The minimum Gasteiger partial charge on any atom is -0.393 e. The van der Waals surface area contributed by atoms with Crippen LogP contribution in [0.4, 0.5) is 5.69 Å². The van der Waals surface area contributed by atoms with Crippen molar-refractivity contribution in [2.45, 2.75) is 64.5 Å². The van der Waals surface area contributed by atoms with E-state index in [2.05, 4.69) is 54.0 Å². The van der Waals surface area contributed by atoms with Crippen molar-refractivity contribution in [2.75, 3.05) is 18.0 Å². The number of carbonyl (C=O) groups excluding carboxylic acids is 1. The summed E-state index contributed by atoms with van der Waals surface area (Å²) in [5.41, 5.74) is 1.89. The summed E-state index contributed by atoms with van der Waals surface area (Å²) < 4.78 is 0. The van der Waals surface area contributed by atoms with Crippen LogP contribution in [0.2, 0.25) is 0 Å². The van der Waals surface area contributed by atoms with E-state index in [0.29, 0.717) is 11.8 Å². The normalized spacial score (nSPS) is 48.8. The first-order valence-corrected chi connectivity index (χ1v) is 12.6. The largest absolute Gasteiger partial charge is 0.393 e. The summed E-state index contributed by atoms with van der Waals surface area (Å²) in [4.78, 5) is 19.3. The van der Waals surface area contributed by atoms with Gasteiger partial charge >= 0.3 is 0 Å². The van der Waals surface area contributed by atoms with Crippen molar-refractivity contribution >= 4 is 11.6 Å². The maximum Gasteiger partial charge on any atom is 0.240 e. The molecule has 3 saturated heterocycles. The van der Waals surface area contributed by atoms with E-state index in [9.17, 15) is 9.90 Å². The third-order valence-electron chi connectivity index (χ3n) is 11.1. The van der Waals surface area contributed by atoms with Crippen LogP contribution in [0, 0.1) is 27.6 Å². The van der Waals surface area contributed by atoms with E-state index in [1.807, 2.05) is 18.2 Å². The molecular weight excluding hydrogens is 396 g/mol. The zero-order chi connectivity index (χ0) is 21.9. The molecule has 6 aliphatic rings. The number of hydrogen-bond acceptors (Lipinski definition) is 3. The number of para-hydroxylation sites is 1. The van der Waals surface area contributed by atoms with Gasteiger partial charge in [-0.15, -0.1) is 0 Å². The molecule has 1 aromatic carbocycles. The third kappa shape index (κ3) is 1.98.